The van der Waals surface area contributed by atoms with Gasteiger partial charge in [-0.3, -0.25) is 0 Å². The van der Waals surface area contributed by atoms with Gasteiger partial charge in [-0.05, 0) is 191 Å². The summed E-state index contributed by atoms with van der Waals surface area (Å²) >= 11 is 7.22. The number of unbranched alkanes of at least 4 members (excludes halogenated alkanes) is 22. The maximum absolute atomic E-state index is 11.0. The summed E-state index contributed by atoms with van der Waals surface area (Å²) in [4.78, 5) is -0.778. The third kappa shape index (κ3) is 35.0. The zero-order valence-electron chi connectivity index (χ0n) is 62.5. The predicted octanol–water partition coefficient (Wildman–Crippen LogP) is 24.4. The maximum Gasteiger partial charge on any atom is 0.170 e. The first-order valence-corrected chi connectivity index (χ1v) is 37.6. The first-order chi connectivity index (χ1) is 50.6. The Kier molecular flexibility index (Phi) is 47.2. The summed E-state index contributed by atoms with van der Waals surface area (Å²) < 4.78 is 39.5. The number of alkyl halides is 1. The molecule has 0 saturated carbocycles. The molecule has 2 atom stereocenters. The standard InChI is InChI=1S/C46H68O5.C25H28O3.C21H19ClO2.10H2/c1-4-5-6-7-8-9-10-11-12-13-14-15-16-17-18-19-20-21-22-26-37-50-38-43(47)39-51-46(40-27-24-23-25-28-40,41-29-33-44(48-2)34-30-41)42-31-35-45(49-3)36-32-42;1-3-5-7-9-11-13-15-17-19-21-25(28-23-24(27)22-26)20-18-16-14-12-10-8-6-4-2;1-23-19-12-8-17(9-13-19)21(22,16-6-4-3-5-7-16)18-10-14-20(24-2)15-11-18;;;;;;;;;;/h11-12,23-25,27-36,43,47H,4-10,13-22,26,37-39H2,1-3H3;18,20,24,26-27H,1,4,6,8,10,12,14,16,22-23H2,2H3;3-15H,1-2H3;10*1H/b12-11-;20-18-;;;;;;;;;;;. The lowest BCUT2D eigenvalue weighted by molar-refractivity contribution is -0.0641. The highest BCUT2D eigenvalue weighted by molar-refractivity contribution is 6.28. The molecular weight excluding hydrogens is 1300 g/mol. The smallest absolute Gasteiger partial charge is 0.170 e. The third-order valence-electron chi connectivity index (χ3n) is 17.3. The zero-order valence-corrected chi connectivity index (χ0v) is 63.2. The van der Waals surface area contributed by atoms with E-state index in [0.29, 0.717) is 12.4 Å². The van der Waals surface area contributed by atoms with Gasteiger partial charge in [-0.15, -0.1) is 11.6 Å². The molecule has 6 aromatic rings. The van der Waals surface area contributed by atoms with E-state index in [1.54, 1.807) is 34.5 Å². The van der Waals surface area contributed by atoms with E-state index < -0.39 is 22.7 Å². The van der Waals surface area contributed by atoms with E-state index in [1.165, 1.54) is 141 Å². The number of aliphatic hydroxyl groups excluding tert-OH is 3. The van der Waals surface area contributed by atoms with Crippen LogP contribution in [0.2, 0.25) is 0 Å². The lowest BCUT2D eigenvalue weighted by Gasteiger charge is -2.36. The van der Waals surface area contributed by atoms with Gasteiger partial charge < -0.3 is 48.5 Å². The van der Waals surface area contributed by atoms with Gasteiger partial charge in [0.2, 0.25) is 0 Å². The second-order valence-electron chi connectivity index (χ2n) is 25.1. The van der Waals surface area contributed by atoms with Gasteiger partial charge in [0.05, 0.1) is 48.3 Å². The minimum absolute atomic E-state index is 0. The zero-order chi connectivity index (χ0) is 74.0. The molecule has 0 amide bonds. The lowest BCUT2D eigenvalue weighted by atomic mass is 9.80. The summed E-state index contributed by atoms with van der Waals surface area (Å²) in [5.74, 6) is 3.55. The molecule has 0 aliphatic heterocycles. The van der Waals surface area contributed by atoms with Gasteiger partial charge in [-0.2, -0.15) is 0 Å². The summed E-state index contributed by atoms with van der Waals surface area (Å²) in [7, 11) is 6.64. The Bertz CT molecular complexity index is 3620. The van der Waals surface area contributed by atoms with Crippen LogP contribution in [0.25, 0.3) is 0 Å². The van der Waals surface area contributed by atoms with Gasteiger partial charge in [-0.1, -0.05) is 263 Å². The number of allylic oxidation sites excluding steroid dienone is 4. The van der Waals surface area contributed by atoms with Crippen molar-refractivity contribution in [3.63, 3.8) is 0 Å². The fourth-order valence-corrected chi connectivity index (χ4v) is 11.8. The second kappa shape index (κ2) is 56.0. The molecule has 3 N–H and O–H groups in total. The van der Waals surface area contributed by atoms with Crippen LogP contribution in [0, 0.1) is 0 Å². The van der Waals surface area contributed by atoms with E-state index in [2.05, 4.69) is 102 Å². The average Bonchev–Trinajstić information content (AvgIpc) is 0.760. The van der Waals surface area contributed by atoms with Crippen LogP contribution < -0.4 is 18.9 Å². The second-order valence-corrected chi connectivity index (χ2v) is 25.7. The highest BCUT2D eigenvalue weighted by Gasteiger charge is 2.39. The molecule has 10 nitrogen and oxygen atoms in total. The summed E-state index contributed by atoms with van der Waals surface area (Å²) in [5.41, 5.74) is 30.4. The molecule has 0 aromatic heterocycles. The van der Waals surface area contributed by atoms with E-state index in [0.717, 1.165) is 75.6 Å². The Hall–Kier alpha value is -8.57. The number of rotatable bonds is 47. The van der Waals surface area contributed by atoms with E-state index in [4.69, 9.17) is 49.9 Å². The molecule has 570 valence electrons. The van der Waals surface area contributed by atoms with Gasteiger partial charge in [0.25, 0.3) is 0 Å². The predicted molar refractivity (Wildman–Crippen MR) is 443 cm³/mol. The maximum atomic E-state index is 11.0. The SMILES string of the molecule is C=C=C=C=C=C=C=C=C=C=C=C(/C=C\CCCCCCCC)OCC(O)CO.CCCCCCCC/C=C\CCCCCCCCCCCCOCC(O)COC(c1ccccc1)(c1ccc(OC)cc1)c1ccc(OC)cc1.COc1ccc(C(Cl)(c2ccccc2)c2ccc(OC)cc2)cc1.[HH].[HH].[HH].[HH].[HH].[HH].[HH].[HH].[HH].[HH]. The van der Waals surface area contributed by atoms with Crippen LogP contribution in [0.15, 0.2) is 252 Å². The molecule has 6 rings (SSSR count). The van der Waals surface area contributed by atoms with E-state index in [-0.39, 0.29) is 40.7 Å². The van der Waals surface area contributed by atoms with Crippen molar-refractivity contribution in [3.05, 3.63) is 285 Å². The Morgan fingerprint density at radius 1 is 0.417 bits per heavy atom. The molecule has 0 spiro atoms. The number of hydrogen-bond acceptors (Lipinski definition) is 10. The summed E-state index contributed by atoms with van der Waals surface area (Å²) in [6.45, 7) is 8.44. The van der Waals surface area contributed by atoms with Crippen LogP contribution in [0.1, 0.15) is 222 Å². The number of halogens is 1. The Morgan fingerprint density at radius 2 is 0.767 bits per heavy atom. The lowest BCUT2D eigenvalue weighted by Crippen LogP contribution is -2.36. The van der Waals surface area contributed by atoms with E-state index >= 15 is 0 Å². The Labute approximate surface area is 638 Å². The van der Waals surface area contributed by atoms with Crippen LogP contribution >= 0.6 is 11.6 Å². The topological polar surface area (TPSA) is 125 Å². The molecule has 0 aliphatic carbocycles. The van der Waals surface area contributed by atoms with Crippen LogP contribution in [0.4, 0.5) is 0 Å². The first kappa shape index (κ1) is 86.8. The monoisotopic (exact) mass is 1430 g/mol. The van der Waals surface area contributed by atoms with Gasteiger partial charge in [0.15, 0.2) is 5.76 Å². The summed E-state index contributed by atoms with van der Waals surface area (Å²) in [6.07, 6.45) is 39.0. The summed E-state index contributed by atoms with van der Waals surface area (Å²) in [5, 5.41) is 29.3. The highest BCUT2D eigenvalue weighted by atomic mass is 35.5. The first-order valence-electron chi connectivity index (χ1n) is 37.2. The number of methoxy groups -OCH3 is 4. The largest absolute Gasteiger partial charge is 0.497 e. The van der Waals surface area contributed by atoms with Crippen LogP contribution in [0.5, 0.6) is 23.0 Å². The van der Waals surface area contributed by atoms with Crippen molar-refractivity contribution in [2.45, 2.75) is 197 Å². The van der Waals surface area contributed by atoms with Crippen LogP contribution in [-0.4, -0.2) is 89.0 Å². The fraction of sp³-hybridized carbons (Fsp3) is 0.435. The molecule has 2 unspecified atom stereocenters. The van der Waals surface area contributed by atoms with Gasteiger partial charge >= 0.3 is 0 Å². The third-order valence-corrected chi connectivity index (χ3v) is 17.9. The quantitative estimate of drug-likeness (QED) is 0.00647. The van der Waals surface area contributed by atoms with Crippen LogP contribution in [0.3, 0.4) is 0 Å². The van der Waals surface area contributed by atoms with Crippen molar-refractivity contribution < 1.29 is 62.7 Å². The molecule has 0 radical (unpaired) electrons. The Morgan fingerprint density at radius 3 is 1.17 bits per heavy atom. The summed E-state index contributed by atoms with van der Waals surface area (Å²) in [6, 6.07) is 51.8. The van der Waals surface area contributed by atoms with Gasteiger partial charge in [-0.25, -0.2) is 0 Å². The number of aliphatic hydroxyl groups is 3. The number of benzene rings is 6. The minimum atomic E-state index is -0.954. The molecule has 0 heterocycles. The van der Waals surface area contributed by atoms with Crippen molar-refractivity contribution in [3.8, 4) is 23.0 Å². The number of ether oxygens (including phenoxy) is 7. The average molecular weight is 1440 g/mol. The van der Waals surface area contributed by atoms with Gasteiger partial charge in [0.1, 0.15) is 52.3 Å². The minimum Gasteiger partial charge on any atom is -0.497 e. The number of hydrogen-bond donors (Lipinski definition) is 3. The molecule has 0 bridgehead atoms. The van der Waals surface area contributed by atoms with Crippen LogP contribution in [-0.2, 0) is 24.7 Å². The molecule has 6 aromatic carbocycles. The van der Waals surface area contributed by atoms with Crippen molar-refractivity contribution in [1.82, 2.24) is 0 Å². The molecule has 0 saturated heterocycles. The van der Waals surface area contributed by atoms with Gasteiger partial charge in [0, 0.05) is 20.9 Å². The van der Waals surface area contributed by atoms with Crippen molar-refractivity contribution in [2.24, 2.45) is 0 Å². The van der Waals surface area contributed by atoms with E-state index in [9.17, 15) is 10.2 Å². The van der Waals surface area contributed by atoms with E-state index in [1.807, 2.05) is 152 Å². The van der Waals surface area contributed by atoms with Crippen molar-refractivity contribution in [1.29, 1.82) is 0 Å². The molecule has 103 heavy (non-hydrogen) atoms. The molecule has 0 fully saturated rings. The van der Waals surface area contributed by atoms with Crippen molar-refractivity contribution in [2.75, 3.05) is 61.5 Å². The normalized spacial score (nSPS) is 11.4. The van der Waals surface area contributed by atoms with Crippen molar-refractivity contribution >= 4 is 11.6 Å². The Balaban J connectivity index is -0.000000310. The fourth-order valence-electron chi connectivity index (χ4n) is 11.5. The molecule has 0 aliphatic rings. The highest BCUT2D eigenvalue weighted by Crippen LogP contribution is 2.45. The molecular formula is C92H135ClO10. The molecule has 11 heteroatoms.